The number of quaternary nitrogens is 1. The number of unbranched alkanes of at least 4 members (excludes halogenated alkanes) is 30. The van der Waals surface area contributed by atoms with Gasteiger partial charge in [0.1, 0.15) is 13.2 Å². The smallest absolute Gasteiger partial charge is 0.268 e. The molecule has 0 aromatic heterocycles. The lowest BCUT2D eigenvalue weighted by Gasteiger charge is -2.29. The molecule has 0 aliphatic rings. The Morgan fingerprint density at radius 1 is 0.574 bits per heavy atom. The van der Waals surface area contributed by atoms with Crippen molar-refractivity contribution >= 4 is 13.7 Å². The van der Waals surface area contributed by atoms with Crippen molar-refractivity contribution in [2.75, 3.05) is 40.9 Å². The Labute approximate surface area is 378 Å². The standard InChI is InChI=1S/C52H101N2O6P/c1-6-8-10-12-14-16-18-20-22-24-26-27-28-30-32-34-36-38-40-42-44-46-52(56)53-50(49-60-61(57,58)59-48-47-54(3,4)5)51(55)45-43-41-39-37-35-33-31-29-25-23-21-19-17-15-13-11-9-7-2/h18,20,24,26,43,45,50-51,55H,6-17,19,21-23,25,27-42,44,46-49H2,1-5H3,(H-,53,56,57,58)/b20-18-,26-24-,45-43+. The topological polar surface area (TPSA) is 108 Å². The van der Waals surface area contributed by atoms with Crippen LogP contribution in [0.2, 0.25) is 0 Å². The maximum atomic E-state index is 12.9. The van der Waals surface area contributed by atoms with Crippen molar-refractivity contribution in [2.24, 2.45) is 0 Å². The van der Waals surface area contributed by atoms with Gasteiger partial charge in [-0.3, -0.25) is 9.36 Å². The lowest BCUT2D eigenvalue weighted by Crippen LogP contribution is -2.45. The van der Waals surface area contributed by atoms with Crippen LogP contribution in [0.15, 0.2) is 36.5 Å². The summed E-state index contributed by atoms with van der Waals surface area (Å²) in [5, 5.41) is 13.8. The molecule has 0 heterocycles. The first-order chi connectivity index (χ1) is 29.5. The Balaban J connectivity index is 4.31. The van der Waals surface area contributed by atoms with E-state index in [1.807, 2.05) is 27.2 Å². The number of allylic oxidation sites excluding steroid dienone is 5. The minimum Gasteiger partial charge on any atom is -0.756 e. The van der Waals surface area contributed by atoms with Crippen LogP contribution >= 0.6 is 7.82 Å². The molecular formula is C52H101N2O6P. The zero-order valence-corrected chi connectivity index (χ0v) is 41.8. The zero-order chi connectivity index (χ0) is 45.0. The second-order valence-electron chi connectivity index (χ2n) is 18.9. The molecule has 0 aliphatic carbocycles. The Kier molecular flexibility index (Phi) is 43.0. The molecule has 0 saturated carbocycles. The largest absolute Gasteiger partial charge is 0.756 e. The van der Waals surface area contributed by atoms with E-state index in [1.165, 1.54) is 173 Å². The van der Waals surface area contributed by atoms with Crippen molar-refractivity contribution in [1.29, 1.82) is 0 Å². The van der Waals surface area contributed by atoms with E-state index in [-0.39, 0.29) is 19.1 Å². The van der Waals surface area contributed by atoms with E-state index in [2.05, 4.69) is 43.5 Å². The Morgan fingerprint density at radius 3 is 1.36 bits per heavy atom. The van der Waals surface area contributed by atoms with Gasteiger partial charge in [0.15, 0.2) is 0 Å². The lowest BCUT2D eigenvalue weighted by molar-refractivity contribution is -0.870. The minimum absolute atomic E-state index is 0.00167. The molecule has 0 saturated heterocycles. The SMILES string of the molecule is CCCCCCC/C=C\C/C=C\CCCCCCCCCCCC(=O)NC(COP(=O)([O-])OCC[N+](C)(C)C)C(O)/C=C/CCCCCCCCCCCCCCCCCC. The van der Waals surface area contributed by atoms with E-state index >= 15 is 0 Å². The number of hydrogen-bond acceptors (Lipinski definition) is 6. The highest BCUT2D eigenvalue weighted by Gasteiger charge is 2.23. The summed E-state index contributed by atoms with van der Waals surface area (Å²) in [6.45, 7) is 4.65. The summed E-state index contributed by atoms with van der Waals surface area (Å²) >= 11 is 0. The molecule has 0 fully saturated rings. The summed E-state index contributed by atoms with van der Waals surface area (Å²) in [5.41, 5.74) is 0. The third-order valence-electron chi connectivity index (χ3n) is 11.6. The first-order valence-corrected chi connectivity index (χ1v) is 27.3. The quantitative estimate of drug-likeness (QED) is 0.0273. The predicted molar refractivity (Wildman–Crippen MR) is 261 cm³/mol. The number of aliphatic hydroxyl groups is 1. The summed E-state index contributed by atoms with van der Waals surface area (Å²) in [7, 11) is 1.26. The summed E-state index contributed by atoms with van der Waals surface area (Å²) in [4.78, 5) is 25.4. The average Bonchev–Trinajstić information content (AvgIpc) is 3.21. The molecule has 0 aromatic carbocycles. The predicted octanol–water partition coefficient (Wildman–Crippen LogP) is 14.4. The van der Waals surface area contributed by atoms with E-state index in [9.17, 15) is 19.4 Å². The number of phosphoric ester groups is 1. The first kappa shape index (κ1) is 59.7. The normalized spacial score (nSPS) is 14.4. The maximum absolute atomic E-state index is 12.9. The monoisotopic (exact) mass is 881 g/mol. The summed E-state index contributed by atoms with van der Waals surface area (Å²) in [6, 6.07) is -0.888. The van der Waals surface area contributed by atoms with Gasteiger partial charge in [0, 0.05) is 6.42 Å². The van der Waals surface area contributed by atoms with Gasteiger partial charge in [0.25, 0.3) is 7.82 Å². The van der Waals surface area contributed by atoms with Crippen LogP contribution in [0.25, 0.3) is 0 Å². The van der Waals surface area contributed by atoms with Crippen molar-refractivity contribution in [3.8, 4) is 0 Å². The Hall–Kier alpha value is -1.28. The number of nitrogens with zero attached hydrogens (tertiary/aromatic N) is 1. The van der Waals surface area contributed by atoms with E-state index in [1.54, 1.807) is 6.08 Å². The highest BCUT2D eigenvalue weighted by molar-refractivity contribution is 7.45. The van der Waals surface area contributed by atoms with Crippen LogP contribution in [0.1, 0.15) is 239 Å². The highest BCUT2D eigenvalue weighted by atomic mass is 31.2. The number of hydrogen-bond donors (Lipinski definition) is 2. The summed E-state index contributed by atoms with van der Waals surface area (Å²) in [5.74, 6) is -0.201. The molecule has 3 atom stereocenters. The van der Waals surface area contributed by atoms with Gasteiger partial charge >= 0.3 is 0 Å². The van der Waals surface area contributed by atoms with Gasteiger partial charge < -0.3 is 28.8 Å². The number of carbonyl (C=O) groups excluding carboxylic acids is 1. The molecule has 0 aromatic rings. The molecule has 0 bridgehead atoms. The molecule has 0 radical (unpaired) electrons. The number of aliphatic hydroxyl groups excluding tert-OH is 1. The molecule has 61 heavy (non-hydrogen) atoms. The number of amides is 1. The molecule has 8 nitrogen and oxygen atoms in total. The Bertz CT molecular complexity index is 1090. The van der Waals surface area contributed by atoms with Crippen LogP contribution in [0, 0.1) is 0 Å². The Morgan fingerprint density at radius 2 is 0.951 bits per heavy atom. The van der Waals surface area contributed by atoms with Gasteiger partial charge in [-0.1, -0.05) is 217 Å². The minimum atomic E-state index is -4.59. The summed E-state index contributed by atoms with van der Waals surface area (Å²) in [6.07, 6.45) is 54.8. The van der Waals surface area contributed by atoms with Crippen molar-refractivity contribution in [3.05, 3.63) is 36.5 Å². The van der Waals surface area contributed by atoms with Crippen LogP contribution in [-0.2, 0) is 18.4 Å². The highest BCUT2D eigenvalue weighted by Crippen LogP contribution is 2.38. The molecule has 0 aliphatic heterocycles. The van der Waals surface area contributed by atoms with Gasteiger partial charge in [0.05, 0.1) is 39.9 Å². The fourth-order valence-corrected chi connectivity index (χ4v) is 8.20. The van der Waals surface area contributed by atoms with E-state index in [0.717, 1.165) is 44.9 Å². The molecule has 1 amide bonds. The first-order valence-electron chi connectivity index (χ1n) is 25.9. The van der Waals surface area contributed by atoms with Crippen LogP contribution in [0.5, 0.6) is 0 Å². The van der Waals surface area contributed by atoms with Crippen LogP contribution in [0.3, 0.4) is 0 Å². The molecule has 3 unspecified atom stereocenters. The van der Waals surface area contributed by atoms with Crippen LogP contribution < -0.4 is 10.2 Å². The number of nitrogens with one attached hydrogen (secondary N) is 1. The second-order valence-corrected chi connectivity index (χ2v) is 20.3. The van der Waals surface area contributed by atoms with Gasteiger partial charge in [-0.05, 0) is 51.4 Å². The third kappa shape index (κ3) is 46.5. The van der Waals surface area contributed by atoms with Gasteiger partial charge in [-0.15, -0.1) is 0 Å². The van der Waals surface area contributed by atoms with Crippen molar-refractivity contribution in [1.82, 2.24) is 5.32 Å². The average molecular weight is 881 g/mol. The van der Waals surface area contributed by atoms with E-state index in [4.69, 9.17) is 9.05 Å². The van der Waals surface area contributed by atoms with Gasteiger partial charge in [-0.25, -0.2) is 0 Å². The fraction of sp³-hybridized carbons (Fsp3) is 0.865. The molecule has 0 spiro atoms. The number of phosphoric acid groups is 1. The van der Waals surface area contributed by atoms with E-state index < -0.39 is 20.0 Å². The molecule has 0 rings (SSSR count). The zero-order valence-electron chi connectivity index (χ0n) is 40.9. The van der Waals surface area contributed by atoms with Crippen molar-refractivity contribution < 1.29 is 32.9 Å². The number of likely N-dealkylation sites (N-methyl/N-ethyl adjacent to an activating group) is 1. The van der Waals surface area contributed by atoms with Gasteiger partial charge in [0.2, 0.25) is 5.91 Å². The van der Waals surface area contributed by atoms with Gasteiger partial charge in [-0.2, -0.15) is 0 Å². The third-order valence-corrected chi connectivity index (χ3v) is 12.6. The lowest BCUT2D eigenvalue weighted by atomic mass is 10.0. The maximum Gasteiger partial charge on any atom is 0.268 e. The van der Waals surface area contributed by atoms with Crippen LogP contribution in [0.4, 0.5) is 0 Å². The number of rotatable bonds is 47. The second kappa shape index (κ2) is 43.9. The van der Waals surface area contributed by atoms with Crippen LogP contribution in [-0.4, -0.2) is 68.5 Å². The molecule has 2 N–H and O–H groups in total. The van der Waals surface area contributed by atoms with E-state index in [0.29, 0.717) is 17.4 Å². The fourth-order valence-electron chi connectivity index (χ4n) is 7.48. The van der Waals surface area contributed by atoms with Crippen molar-refractivity contribution in [3.63, 3.8) is 0 Å². The summed E-state index contributed by atoms with van der Waals surface area (Å²) < 4.78 is 23.3. The molecular weight excluding hydrogens is 780 g/mol. The van der Waals surface area contributed by atoms with Crippen molar-refractivity contribution in [2.45, 2.75) is 251 Å². The molecule has 360 valence electrons. The number of carbonyl (C=O) groups is 1. The molecule has 9 heteroatoms.